The SMILES string of the molecule is Cc1ccc(C(=O)N(CC#N)C(C)C)cc1C. The summed E-state index contributed by atoms with van der Waals surface area (Å²) in [6.45, 7) is 7.95. The van der Waals surface area contributed by atoms with Gasteiger partial charge in [0.2, 0.25) is 0 Å². The van der Waals surface area contributed by atoms with Gasteiger partial charge < -0.3 is 4.90 Å². The molecular formula is C14H18N2O. The summed E-state index contributed by atoms with van der Waals surface area (Å²) in [5, 5.41) is 8.74. The minimum absolute atomic E-state index is 0.0313. The minimum atomic E-state index is -0.0790. The first-order chi connectivity index (χ1) is 7.97. The summed E-state index contributed by atoms with van der Waals surface area (Å²) in [6, 6.07) is 7.70. The zero-order chi connectivity index (χ0) is 13.0. The molecule has 1 amide bonds. The molecule has 90 valence electrons. The molecule has 1 aromatic carbocycles. The van der Waals surface area contributed by atoms with Crippen molar-refractivity contribution in [3.63, 3.8) is 0 Å². The Morgan fingerprint density at radius 3 is 2.47 bits per heavy atom. The molecule has 0 unspecified atom stereocenters. The van der Waals surface area contributed by atoms with E-state index in [0.29, 0.717) is 5.56 Å². The third kappa shape index (κ3) is 3.07. The Morgan fingerprint density at radius 2 is 2.00 bits per heavy atom. The van der Waals surface area contributed by atoms with Crippen LogP contribution in [0.15, 0.2) is 18.2 Å². The van der Waals surface area contributed by atoms with Crippen LogP contribution >= 0.6 is 0 Å². The van der Waals surface area contributed by atoms with Crippen molar-refractivity contribution in [3.05, 3.63) is 34.9 Å². The number of carbonyl (C=O) groups is 1. The average molecular weight is 230 g/mol. The van der Waals surface area contributed by atoms with Crippen LogP contribution in [0.4, 0.5) is 0 Å². The van der Waals surface area contributed by atoms with Crippen molar-refractivity contribution >= 4 is 5.91 Å². The molecule has 0 N–H and O–H groups in total. The van der Waals surface area contributed by atoms with E-state index < -0.39 is 0 Å². The molecule has 0 saturated heterocycles. The molecule has 17 heavy (non-hydrogen) atoms. The molecule has 0 aliphatic rings. The molecule has 0 aliphatic carbocycles. The van der Waals surface area contributed by atoms with Crippen molar-refractivity contribution in [2.45, 2.75) is 33.7 Å². The van der Waals surface area contributed by atoms with Gasteiger partial charge >= 0.3 is 0 Å². The molecule has 1 aromatic rings. The number of nitriles is 1. The summed E-state index contributed by atoms with van der Waals surface area (Å²) in [5.41, 5.74) is 2.91. The number of nitrogens with zero attached hydrogens (tertiary/aromatic N) is 2. The molecule has 0 aromatic heterocycles. The van der Waals surface area contributed by atoms with Crippen molar-refractivity contribution < 1.29 is 4.79 Å². The van der Waals surface area contributed by atoms with Gasteiger partial charge in [-0.2, -0.15) is 5.26 Å². The topological polar surface area (TPSA) is 44.1 Å². The fourth-order valence-electron chi connectivity index (χ4n) is 1.61. The van der Waals surface area contributed by atoms with E-state index in [1.54, 1.807) is 4.90 Å². The lowest BCUT2D eigenvalue weighted by Crippen LogP contribution is -2.37. The summed E-state index contributed by atoms with van der Waals surface area (Å²) >= 11 is 0. The summed E-state index contributed by atoms with van der Waals surface area (Å²) in [7, 11) is 0. The zero-order valence-electron chi connectivity index (χ0n) is 10.8. The number of benzene rings is 1. The van der Waals surface area contributed by atoms with Gasteiger partial charge in [-0.15, -0.1) is 0 Å². The van der Waals surface area contributed by atoms with E-state index in [2.05, 4.69) is 0 Å². The molecule has 0 radical (unpaired) electrons. The Bertz CT molecular complexity index is 458. The number of hydrogen-bond donors (Lipinski definition) is 0. The first-order valence-electron chi connectivity index (χ1n) is 5.72. The quantitative estimate of drug-likeness (QED) is 0.749. The smallest absolute Gasteiger partial charge is 0.254 e. The first-order valence-corrected chi connectivity index (χ1v) is 5.72. The van der Waals surface area contributed by atoms with Gasteiger partial charge in [-0.3, -0.25) is 4.79 Å². The van der Waals surface area contributed by atoms with E-state index >= 15 is 0 Å². The Kier molecular flexibility index (Phi) is 4.28. The van der Waals surface area contributed by atoms with Crippen molar-refractivity contribution in [1.82, 2.24) is 4.90 Å². The number of carbonyl (C=O) groups excluding carboxylic acids is 1. The lowest BCUT2D eigenvalue weighted by atomic mass is 10.1. The zero-order valence-corrected chi connectivity index (χ0v) is 10.8. The summed E-state index contributed by atoms with van der Waals surface area (Å²) in [4.78, 5) is 13.8. The molecule has 0 atom stereocenters. The molecule has 1 rings (SSSR count). The van der Waals surface area contributed by atoms with E-state index in [0.717, 1.165) is 11.1 Å². The van der Waals surface area contributed by atoms with Gasteiger partial charge in [0.25, 0.3) is 5.91 Å². The van der Waals surface area contributed by atoms with Gasteiger partial charge in [-0.05, 0) is 51.0 Å². The highest BCUT2D eigenvalue weighted by Gasteiger charge is 2.18. The Hall–Kier alpha value is -1.82. The van der Waals surface area contributed by atoms with E-state index in [1.807, 2.05) is 52.0 Å². The van der Waals surface area contributed by atoms with Crippen LogP contribution in [-0.2, 0) is 0 Å². The highest BCUT2D eigenvalue weighted by Crippen LogP contribution is 2.13. The van der Waals surface area contributed by atoms with Crippen molar-refractivity contribution in [2.75, 3.05) is 6.54 Å². The van der Waals surface area contributed by atoms with Crippen molar-refractivity contribution in [1.29, 1.82) is 5.26 Å². The van der Waals surface area contributed by atoms with E-state index in [1.165, 1.54) is 0 Å². The van der Waals surface area contributed by atoms with Gasteiger partial charge in [0, 0.05) is 11.6 Å². The van der Waals surface area contributed by atoms with Crippen LogP contribution in [0, 0.1) is 25.2 Å². The molecule has 3 nitrogen and oxygen atoms in total. The van der Waals surface area contributed by atoms with E-state index in [4.69, 9.17) is 5.26 Å². The maximum absolute atomic E-state index is 12.2. The molecule has 0 aliphatic heterocycles. The van der Waals surface area contributed by atoms with Gasteiger partial charge in [-0.25, -0.2) is 0 Å². The lowest BCUT2D eigenvalue weighted by molar-refractivity contribution is 0.0731. The number of amides is 1. The molecule has 0 fully saturated rings. The standard InChI is InChI=1S/C14H18N2O/c1-10(2)16(8-7-15)14(17)13-6-5-11(3)12(4)9-13/h5-6,9-10H,8H2,1-4H3. The van der Waals surface area contributed by atoms with Gasteiger partial charge in [0.05, 0.1) is 6.07 Å². The highest BCUT2D eigenvalue weighted by atomic mass is 16.2. The van der Waals surface area contributed by atoms with E-state index in [9.17, 15) is 4.79 Å². The molecule has 0 saturated carbocycles. The first kappa shape index (κ1) is 13.2. The maximum Gasteiger partial charge on any atom is 0.254 e. The predicted octanol–water partition coefficient (Wildman–Crippen LogP) is 2.68. The van der Waals surface area contributed by atoms with Crippen LogP contribution in [0.3, 0.4) is 0 Å². The Balaban J connectivity index is 3.02. The number of rotatable bonds is 3. The van der Waals surface area contributed by atoms with Crippen LogP contribution in [0.25, 0.3) is 0 Å². The van der Waals surface area contributed by atoms with Crippen molar-refractivity contribution in [3.8, 4) is 6.07 Å². The lowest BCUT2D eigenvalue weighted by Gasteiger charge is -2.24. The van der Waals surface area contributed by atoms with Crippen molar-refractivity contribution in [2.24, 2.45) is 0 Å². The van der Waals surface area contributed by atoms with Gasteiger partial charge in [0.1, 0.15) is 6.54 Å². The molecule has 0 bridgehead atoms. The summed E-state index contributed by atoms with van der Waals surface area (Å²) in [5.74, 6) is -0.0790. The second-order valence-electron chi connectivity index (χ2n) is 4.48. The maximum atomic E-state index is 12.2. The fourth-order valence-corrected chi connectivity index (χ4v) is 1.61. The van der Waals surface area contributed by atoms with Crippen LogP contribution in [0.1, 0.15) is 35.3 Å². The van der Waals surface area contributed by atoms with Crippen LogP contribution in [0.5, 0.6) is 0 Å². The Morgan fingerprint density at radius 1 is 1.35 bits per heavy atom. The third-order valence-corrected chi connectivity index (χ3v) is 2.88. The summed E-state index contributed by atoms with van der Waals surface area (Å²) in [6.07, 6.45) is 0. The summed E-state index contributed by atoms with van der Waals surface area (Å²) < 4.78 is 0. The molecule has 3 heteroatoms. The second kappa shape index (κ2) is 5.49. The van der Waals surface area contributed by atoms with Gasteiger partial charge in [0.15, 0.2) is 0 Å². The predicted molar refractivity (Wildman–Crippen MR) is 67.7 cm³/mol. The van der Waals surface area contributed by atoms with Crippen LogP contribution in [-0.4, -0.2) is 23.4 Å². The monoisotopic (exact) mass is 230 g/mol. The van der Waals surface area contributed by atoms with Gasteiger partial charge in [-0.1, -0.05) is 6.07 Å². The Labute approximate surface area is 103 Å². The molecule has 0 spiro atoms. The molecule has 0 heterocycles. The minimum Gasteiger partial charge on any atom is -0.323 e. The van der Waals surface area contributed by atoms with Crippen LogP contribution < -0.4 is 0 Å². The highest BCUT2D eigenvalue weighted by molar-refractivity contribution is 5.94. The van der Waals surface area contributed by atoms with Crippen LogP contribution in [0.2, 0.25) is 0 Å². The largest absolute Gasteiger partial charge is 0.323 e. The molecular weight excluding hydrogens is 212 g/mol. The number of hydrogen-bond acceptors (Lipinski definition) is 2. The average Bonchev–Trinajstić information content (AvgIpc) is 2.28. The number of aryl methyl sites for hydroxylation is 2. The second-order valence-corrected chi connectivity index (χ2v) is 4.48. The fraction of sp³-hybridized carbons (Fsp3) is 0.429. The normalized spacial score (nSPS) is 10.1. The third-order valence-electron chi connectivity index (χ3n) is 2.88. The van der Waals surface area contributed by atoms with E-state index in [-0.39, 0.29) is 18.5 Å².